The number of hydrogen-bond acceptors (Lipinski definition) is 27. The molecule has 21 nitrogen and oxygen atoms in total. The van der Waals surface area contributed by atoms with Gasteiger partial charge in [-0.1, -0.05) is 233 Å². The van der Waals surface area contributed by atoms with Crippen molar-refractivity contribution in [1.82, 2.24) is 20.0 Å². The van der Waals surface area contributed by atoms with Crippen molar-refractivity contribution in [3.8, 4) is 0 Å². The lowest BCUT2D eigenvalue weighted by atomic mass is 9.82. The number of hydrogen-bond donors (Lipinski definition) is 5. The summed E-state index contributed by atoms with van der Waals surface area (Å²) < 4.78 is 18.8. The number of nitrogens with one attached hydrogen (secondary N) is 3. The van der Waals surface area contributed by atoms with E-state index in [0.717, 1.165) is 139 Å². The first-order valence-corrected chi connectivity index (χ1v) is 46.0. The van der Waals surface area contributed by atoms with E-state index in [1.54, 1.807) is 0 Å². The number of rotatable bonds is 46. The minimum Gasteiger partial charge on any atom is -0.381 e. The van der Waals surface area contributed by atoms with Crippen molar-refractivity contribution >= 4 is 107 Å². The Balaban J connectivity index is 0.000000716. The standard InChI is InChI=1S/C19H34N2OS.C18H32N2OS.C17H30N2OS.2C13H22N2O2S.C12H20N2O2S/c1-7-11-21(12-8-2)14-10-9-13-20(6)16-15(19(3,4)5)17(22)18(16)23;1-7-11-20(8-2)13-10-9-12-19(6)15-14(18(3,4)5)16(21)17(15)22;1-7-10-18(5)11-8-9-12-19(6)14-13(17(2,3)4)15(20)16(14)21;1-13(2,3)9-10(12(18)11(9)16)15(4)6-8-17-7-5-14;1-13(2,3)9-10(12(18)11(9)16)15-6-8-17-7-5-14-4;1-12(2,3)8-9(11(17)10(8)15)14-5-7-16-6-4-13/h7-14H2,1-6H3;7-13H2,1-6H3;7-12H2,1-6H3;5-8,14H2,1-4H3;14-15H,5-8H2,1-4H3;14H,4-7,13H2,1-3H3. The normalized spacial score (nSPS) is 12.2. The smallest absolute Gasteiger partial charge is 0.204 e. The Morgan fingerprint density at radius 1 is 0.303 bits per heavy atom. The van der Waals surface area contributed by atoms with Gasteiger partial charge in [0.15, 0.2) is 0 Å². The second-order valence-corrected chi connectivity index (χ2v) is 40.1. The number of anilines is 6. The highest BCUT2D eigenvalue weighted by molar-refractivity contribution is 7.72. The van der Waals surface area contributed by atoms with Crippen LogP contribution in [0.5, 0.6) is 0 Å². The molecule has 0 spiro atoms. The van der Waals surface area contributed by atoms with Gasteiger partial charge in [0.1, 0.15) is 27.1 Å². The molecule has 0 heterocycles. The van der Waals surface area contributed by atoms with E-state index in [1.807, 2.05) is 81.3 Å². The fourth-order valence-corrected chi connectivity index (χ4v) is 16.4. The van der Waals surface area contributed by atoms with Crippen LogP contribution in [0.15, 0.2) is 28.8 Å². The van der Waals surface area contributed by atoms with Crippen molar-refractivity contribution in [2.75, 3.05) is 223 Å². The molecular weight excluding hydrogens is 1610 g/mol. The lowest BCUT2D eigenvalue weighted by Crippen LogP contribution is -2.36. The van der Waals surface area contributed by atoms with Crippen LogP contribution in [0.2, 0.25) is 0 Å². The summed E-state index contributed by atoms with van der Waals surface area (Å²) in [5.74, 6) is 0. The Labute approximate surface area is 749 Å². The predicted octanol–water partition coefficient (Wildman–Crippen LogP) is 16.0. The summed E-state index contributed by atoms with van der Waals surface area (Å²) in [6, 6.07) is 0. The molecule has 0 atom stereocenters. The van der Waals surface area contributed by atoms with Gasteiger partial charge >= 0.3 is 0 Å². The fourth-order valence-electron chi connectivity index (χ4n) is 14.4. The molecule has 0 unspecified atom stereocenters. The maximum atomic E-state index is 12.1. The molecule has 0 aliphatic carbocycles. The zero-order valence-electron chi connectivity index (χ0n) is 79.2. The van der Waals surface area contributed by atoms with E-state index in [-0.39, 0.29) is 65.1 Å². The number of ether oxygens (including phenoxy) is 3. The van der Waals surface area contributed by atoms with Gasteiger partial charge in [0.05, 0.1) is 73.8 Å². The average Bonchev–Trinajstić information content (AvgIpc) is 0.696. The molecule has 0 aliphatic rings. The van der Waals surface area contributed by atoms with Gasteiger partial charge < -0.3 is 75.9 Å². The molecule has 0 saturated carbocycles. The number of nitrogens with two attached hydrogens (primary N) is 2. The van der Waals surface area contributed by atoms with Gasteiger partial charge in [-0.25, -0.2) is 0 Å². The third kappa shape index (κ3) is 35.4. The first-order chi connectivity index (χ1) is 55.3. The molecule has 0 saturated heterocycles. The third-order valence-electron chi connectivity index (χ3n) is 20.5. The van der Waals surface area contributed by atoms with Crippen LogP contribution in [0.1, 0.15) is 257 Å². The molecule has 7 N–H and O–H groups in total. The summed E-state index contributed by atoms with van der Waals surface area (Å²) in [6.45, 7) is 67.8. The Kier molecular flexibility index (Phi) is 50.7. The van der Waals surface area contributed by atoms with E-state index in [0.29, 0.717) is 99.4 Å². The van der Waals surface area contributed by atoms with E-state index in [1.165, 1.54) is 71.1 Å². The monoisotopic (exact) mass is 1770 g/mol. The third-order valence-corrected chi connectivity index (χ3v) is 22.8. The maximum absolute atomic E-state index is 12.1. The van der Waals surface area contributed by atoms with Gasteiger partial charge in [0.2, 0.25) is 32.6 Å². The second-order valence-electron chi connectivity index (χ2n) is 37.6. The fraction of sp³-hybridized carbons (Fsp3) is 0.739. The van der Waals surface area contributed by atoms with Crippen LogP contribution in [0.4, 0.5) is 34.1 Å². The highest BCUT2D eigenvalue weighted by Gasteiger charge is 2.35. The van der Waals surface area contributed by atoms with Crippen molar-refractivity contribution in [3.05, 3.63) is 122 Å². The van der Waals surface area contributed by atoms with Crippen molar-refractivity contribution in [3.63, 3.8) is 0 Å². The van der Waals surface area contributed by atoms with Crippen LogP contribution in [0, 0.1) is 27.1 Å². The zero-order chi connectivity index (χ0) is 91.5. The molecule has 27 heteroatoms. The average molecular weight is 1770 g/mol. The molecule has 0 bridgehead atoms. The SMILES string of the molecule is CC(C)(C)c1c(NCCOCCN)c(=S)c1=O.CCCN(C)CCCCN(C)c1c(C(C)(C)C)c(=O)c1=S.CCCN(CC)CCCCN(C)c1c(C(C)(C)C)c(=O)c1=S.CCCN(CCC)CCCCN(C)c1c(C(C)(C)C)c(=O)c1=S.CN(CCOCCN)c1c(C(C)(C)C)c(=O)c1=S.CNCCOCCNc1c(C(C)(C)C)c(=O)c1=S. The first kappa shape index (κ1) is 112. The molecule has 6 aromatic carbocycles. The summed E-state index contributed by atoms with van der Waals surface area (Å²) >= 11 is 31.1. The molecule has 0 amide bonds. The molecule has 6 aromatic rings. The van der Waals surface area contributed by atoms with Gasteiger partial charge in [-0.15, -0.1) is 0 Å². The van der Waals surface area contributed by atoms with Gasteiger partial charge in [0, 0.05) is 120 Å². The Hall–Kier alpha value is -4.56. The van der Waals surface area contributed by atoms with Crippen LogP contribution in [-0.4, -0.2) is 208 Å². The number of nitrogens with zero attached hydrogens (tertiary/aromatic N) is 7. The van der Waals surface area contributed by atoms with Crippen LogP contribution in [-0.2, 0) is 46.7 Å². The molecule has 6 rings (SSSR count). The Bertz CT molecular complexity index is 4420. The van der Waals surface area contributed by atoms with Crippen molar-refractivity contribution < 1.29 is 14.2 Å². The van der Waals surface area contributed by atoms with Crippen molar-refractivity contribution in [2.45, 2.75) is 256 Å². The molecule has 0 fully saturated rings. The summed E-state index contributed by atoms with van der Waals surface area (Å²) in [4.78, 5) is 87.2. The Morgan fingerprint density at radius 3 is 0.840 bits per heavy atom. The molecule has 0 aromatic heterocycles. The van der Waals surface area contributed by atoms with Crippen LogP contribution >= 0.6 is 73.3 Å². The molecule has 678 valence electrons. The van der Waals surface area contributed by atoms with Crippen molar-refractivity contribution in [2.24, 2.45) is 11.5 Å². The van der Waals surface area contributed by atoms with E-state index in [4.69, 9.17) is 99.0 Å². The van der Waals surface area contributed by atoms with E-state index in [2.05, 4.69) is 170 Å². The Morgan fingerprint density at radius 2 is 0.555 bits per heavy atom. The van der Waals surface area contributed by atoms with Crippen LogP contribution in [0.25, 0.3) is 0 Å². The van der Waals surface area contributed by atoms with E-state index in [9.17, 15) is 28.8 Å². The lowest BCUT2D eigenvalue weighted by molar-refractivity contribution is 0.147. The molecule has 0 radical (unpaired) electrons. The van der Waals surface area contributed by atoms with Gasteiger partial charge in [-0.2, -0.15) is 0 Å². The first-order valence-electron chi connectivity index (χ1n) is 43.5. The highest BCUT2D eigenvalue weighted by Crippen LogP contribution is 2.37. The molecule has 0 aliphatic heterocycles. The summed E-state index contributed by atoms with van der Waals surface area (Å²) in [6.07, 6.45) is 11.8. The molecule has 119 heavy (non-hydrogen) atoms. The summed E-state index contributed by atoms with van der Waals surface area (Å²) in [5.41, 5.74) is 20.8. The maximum Gasteiger partial charge on any atom is 0.204 e. The van der Waals surface area contributed by atoms with Gasteiger partial charge in [-0.05, 0) is 163 Å². The number of unbranched alkanes of at least 4 members (excludes halogenated alkanes) is 3. The van der Waals surface area contributed by atoms with Gasteiger partial charge in [-0.3, -0.25) is 28.8 Å². The van der Waals surface area contributed by atoms with E-state index >= 15 is 0 Å². The molecular formula is C92H160N12O9S6. The summed E-state index contributed by atoms with van der Waals surface area (Å²) in [5, 5.41) is 9.38. The topological polar surface area (TPSA) is 241 Å². The number of likely N-dealkylation sites (N-methyl/N-ethyl adjacent to an activating group) is 2. The van der Waals surface area contributed by atoms with Crippen LogP contribution in [0.3, 0.4) is 0 Å². The largest absolute Gasteiger partial charge is 0.381 e. The lowest BCUT2D eigenvalue weighted by Gasteiger charge is -2.31. The minimum absolute atomic E-state index is 0.00197. The highest BCUT2D eigenvalue weighted by atomic mass is 32.1. The quantitative estimate of drug-likeness (QED) is 0.0176. The minimum atomic E-state index is -0.167. The predicted molar refractivity (Wildman–Crippen MR) is 527 cm³/mol. The zero-order valence-corrected chi connectivity index (χ0v) is 84.1. The van der Waals surface area contributed by atoms with E-state index < -0.39 is 0 Å². The summed E-state index contributed by atoms with van der Waals surface area (Å²) in [7, 11) is 12.2. The second kappa shape index (κ2) is 53.7. The van der Waals surface area contributed by atoms with Crippen molar-refractivity contribution in [1.29, 1.82) is 0 Å². The van der Waals surface area contributed by atoms with Crippen LogP contribution < -0.4 is 79.6 Å². The van der Waals surface area contributed by atoms with Gasteiger partial charge in [0.25, 0.3) is 0 Å².